The first-order valence-electron chi connectivity index (χ1n) is 6.96. The molecule has 4 heteroatoms. The highest BCUT2D eigenvalue weighted by Gasteiger charge is 2.37. The van der Waals surface area contributed by atoms with Crippen LogP contribution in [0, 0.1) is 0 Å². The summed E-state index contributed by atoms with van der Waals surface area (Å²) in [7, 11) is -3.11. The van der Waals surface area contributed by atoms with E-state index in [1.807, 2.05) is 18.2 Å². The first-order valence-corrected chi connectivity index (χ1v) is 8.61. The van der Waals surface area contributed by atoms with Gasteiger partial charge in [0.1, 0.15) is 0 Å². The lowest BCUT2D eigenvalue weighted by Crippen LogP contribution is -2.06. The highest BCUT2D eigenvalue weighted by Crippen LogP contribution is 2.34. The summed E-state index contributed by atoms with van der Waals surface area (Å²) in [4.78, 5) is 0.433. The van der Waals surface area contributed by atoms with Crippen LogP contribution in [0.4, 0.5) is 0 Å². The SMILES string of the molecule is CCC1OC1CC(C)c1cccc(S(=O)(=O)CC)c1. The largest absolute Gasteiger partial charge is 0.370 e. The van der Waals surface area contributed by atoms with Crippen molar-refractivity contribution in [2.24, 2.45) is 0 Å². The van der Waals surface area contributed by atoms with Gasteiger partial charge in [-0.25, -0.2) is 8.42 Å². The summed E-state index contributed by atoms with van der Waals surface area (Å²) in [5, 5.41) is 0. The molecule has 1 aromatic carbocycles. The molecule has 0 N–H and O–H groups in total. The van der Waals surface area contributed by atoms with Crippen LogP contribution in [0.5, 0.6) is 0 Å². The van der Waals surface area contributed by atoms with Crippen molar-refractivity contribution in [1.29, 1.82) is 0 Å². The molecule has 3 unspecified atom stereocenters. The third kappa shape index (κ3) is 3.37. The summed E-state index contributed by atoms with van der Waals surface area (Å²) in [5.41, 5.74) is 1.08. The highest BCUT2D eigenvalue weighted by molar-refractivity contribution is 7.91. The average Bonchev–Trinajstić information content (AvgIpc) is 3.17. The summed E-state index contributed by atoms with van der Waals surface area (Å²) in [6.07, 6.45) is 2.78. The van der Waals surface area contributed by atoms with Gasteiger partial charge in [-0.1, -0.05) is 32.9 Å². The van der Waals surface area contributed by atoms with E-state index < -0.39 is 9.84 Å². The van der Waals surface area contributed by atoms with E-state index in [-0.39, 0.29) is 5.75 Å². The van der Waals surface area contributed by atoms with Gasteiger partial charge in [0.05, 0.1) is 22.9 Å². The van der Waals surface area contributed by atoms with E-state index in [2.05, 4.69) is 13.8 Å². The molecule has 1 fully saturated rings. The number of rotatable bonds is 6. The zero-order chi connectivity index (χ0) is 14.0. The molecule has 0 aliphatic carbocycles. The number of epoxide rings is 1. The molecule has 0 spiro atoms. The van der Waals surface area contributed by atoms with Gasteiger partial charge in [0, 0.05) is 0 Å². The third-order valence-corrected chi connectivity index (χ3v) is 5.57. The lowest BCUT2D eigenvalue weighted by Gasteiger charge is -2.12. The lowest BCUT2D eigenvalue weighted by atomic mass is 9.95. The Balaban J connectivity index is 2.10. The fraction of sp³-hybridized carbons (Fsp3) is 0.600. The van der Waals surface area contributed by atoms with Crippen LogP contribution in [0.3, 0.4) is 0 Å². The minimum absolute atomic E-state index is 0.147. The lowest BCUT2D eigenvalue weighted by molar-refractivity contribution is 0.353. The maximum atomic E-state index is 11.9. The Hall–Kier alpha value is -0.870. The molecule has 1 aromatic rings. The van der Waals surface area contributed by atoms with Gasteiger partial charge in [-0.3, -0.25) is 0 Å². The molecule has 19 heavy (non-hydrogen) atoms. The van der Waals surface area contributed by atoms with Crippen LogP contribution in [0.2, 0.25) is 0 Å². The van der Waals surface area contributed by atoms with Gasteiger partial charge in [0.15, 0.2) is 9.84 Å². The molecule has 1 saturated heterocycles. The van der Waals surface area contributed by atoms with Crippen molar-refractivity contribution in [3.8, 4) is 0 Å². The number of sulfone groups is 1. The maximum absolute atomic E-state index is 11.9. The zero-order valence-electron chi connectivity index (χ0n) is 11.8. The van der Waals surface area contributed by atoms with E-state index in [9.17, 15) is 8.42 Å². The number of hydrogen-bond donors (Lipinski definition) is 0. The Kier molecular flexibility index (Phi) is 4.31. The van der Waals surface area contributed by atoms with Gasteiger partial charge >= 0.3 is 0 Å². The summed E-state index contributed by atoms with van der Waals surface area (Å²) in [6, 6.07) is 7.33. The van der Waals surface area contributed by atoms with E-state index in [1.54, 1.807) is 13.0 Å². The van der Waals surface area contributed by atoms with Crippen LogP contribution < -0.4 is 0 Å². The van der Waals surface area contributed by atoms with Gasteiger partial charge in [-0.05, 0) is 36.5 Å². The Bertz CT molecular complexity index is 536. The van der Waals surface area contributed by atoms with Crippen LogP contribution >= 0.6 is 0 Å². The molecular weight excluding hydrogens is 260 g/mol. The van der Waals surface area contributed by atoms with E-state index in [1.165, 1.54) is 0 Å². The predicted molar refractivity (Wildman–Crippen MR) is 76.2 cm³/mol. The Labute approximate surface area is 115 Å². The standard InChI is InChI=1S/C15H22O3S/c1-4-14-15(18-14)9-11(3)12-7-6-8-13(10-12)19(16,17)5-2/h6-8,10-11,14-15H,4-5,9H2,1-3H3. The van der Waals surface area contributed by atoms with E-state index in [4.69, 9.17) is 4.74 Å². The van der Waals surface area contributed by atoms with Crippen molar-refractivity contribution in [1.82, 2.24) is 0 Å². The summed E-state index contributed by atoms with van der Waals surface area (Å²) < 4.78 is 29.3. The molecule has 1 aliphatic rings. The van der Waals surface area contributed by atoms with Gasteiger partial charge in [-0.15, -0.1) is 0 Å². The number of hydrogen-bond acceptors (Lipinski definition) is 3. The minimum Gasteiger partial charge on any atom is -0.370 e. The first-order chi connectivity index (χ1) is 8.97. The van der Waals surface area contributed by atoms with E-state index >= 15 is 0 Å². The molecule has 1 heterocycles. The van der Waals surface area contributed by atoms with Crippen molar-refractivity contribution in [3.05, 3.63) is 29.8 Å². The van der Waals surface area contributed by atoms with Crippen LogP contribution in [0.15, 0.2) is 29.2 Å². The molecule has 0 amide bonds. The second-order valence-corrected chi connectivity index (χ2v) is 7.51. The third-order valence-electron chi connectivity index (χ3n) is 3.84. The van der Waals surface area contributed by atoms with Crippen LogP contribution in [-0.2, 0) is 14.6 Å². The molecule has 0 saturated carbocycles. The Morgan fingerprint density at radius 2 is 2.00 bits per heavy atom. The molecule has 0 aromatic heterocycles. The topological polar surface area (TPSA) is 46.7 Å². The average molecular weight is 282 g/mol. The van der Waals surface area contributed by atoms with Gasteiger partial charge in [0.25, 0.3) is 0 Å². The number of ether oxygens (including phenoxy) is 1. The highest BCUT2D eigenvalue weighted by atomic mass is 32.2. The van der Waals surface area contributed by atoms with Crippen LogP contribution in [-0.4, -0.2) is 26.4 Å². The van der Waals surface area contributed by atoms with Gasteiger partial charge < -0.3 is 4.74 Å². The fourth-order valence-corrected chi connectivity index (χ4v) is 3.35. The zero-order valence-corrected chi connectivity index (χ0v) is 12.6. The molecule has 1 aliphatic heterocycles. The second-order valence-electron chi connectivity index (χ2n) is 5.23. The molecule has 0 bridgehead atoms. The minimum atomic E-state index is -3.11. The second kappa shape index (κ2) is 5.63. The summed E-state index contributed by atoms with van der Waals surface area (Å²) >= 11 is 0. The quantitative estimate of drug-likeness (QED) is 0.753. The molecule has 3 nitrogen and oxygen atoms in total. The Morgan fingerprint density at radius 3 is 2.58 bits per heavy atom. The van der Waals surface area contributed by atoms with Gasteiger partial charge in [0.2, 0.25) is 0 Å². The van der Waals surface area contributed by atoms with Gasteiger partial charge in [-0.2, -0.15) is 0 Å². The normalized spacial score (nSPS) is 24.2. The fourth-order valence-electron chi connectivity index (χ4n) is 2.41. The van der Waals surface area contributed by atoms with Crippen molar-refractivity contribution in [2.45, 2.75) is 56.6 Å². The Morgan fingerprint density at radius 1 is 1.26 bits per heavy atom. The van der Waals surface area contributed by atoms with E-state index in [0.717, 1.165) is 18.4 Å². The number of benzene rings is 1. The van der Waals surface area contributed by atoms with Crippen molar-refractivity contribution in [3.63, 3.8) is 0 Å². The van der Waals surface area contributed by atoms with Crippen molar-refractivity contribution in [2.75, 3.05) is 5.75 Å². The smallest absolute Gasteiger partial charge is 0.178 e. The maximum Gasteiger partial charge on any atom is 0.178 e. The molecular formula is C15H22O3S. The molecule has 2 rings (SSSR count). The van der Waals surface area contributed by atoms with Crippen LogP contribution in [0.25, 0.3) is 0 Å². The summed E-state index contributed by atoms with van der Waals surface area (Å²) in [5.74, 6) is 0.475. The molecule has 0 radical (unpaired) electrons. The first kappa shape index (κ1) is 14.5. The van der Waals surface area contributed by atoms with Crippen molar-refractivity contribution >= 4 is 9.84 Å². The van der Waals surface area contributed by atoms with Crippen LogP contribution in [0.1, 0.15) is 45.1 Å². The molecule has 3 atom stereocenters. The predicted octanol–water partition coefficient (Wildman–Crippen LogP) is 3.15. The van der Waals surface area contributed by atoms with Crippen molar-refractivity contribution < 1.29 is 13.2 Å². The van der Waals surface area contributed by atoms with E-state index in [0.29, 0.717) is 23.0 Å². The monoisotopic (exact) mass is 282 g/mol. The molecule has 106 valence electrons. The summed E-state index contributed by atoms with van der Waals surface area (Å²) in [6.45, 7) is 5.94.